The van der Waals surface area contributed by atoms with Crippen LogP contribution in [0.2, 0.25) is 0 Å². The van der Waals surface area contributed by atoms with Crippen LogP contribution in [-0.4, -0.2) is 50.5 Å². The molecule has 0 saturated carbocycles. The van der Waals surface area contributed by atoms with Crippen LogP contribution in [-0.2, 0) is 14.3 Å². The lowest BCUT2D eigenvalue weighted by molar-refractivity contribution is -0.147. The fraction of sp³-hybridized carbons (Fsp3) is 0.917. The fourth-order valence-corrected chi connectivity index (χ4v) is 2.58. The predicted octanol–water partition coefficient (Wildman–Crippen LogP) is 0.0486. The number of ether oxygens (including phenoxy) is 2. The topological polar surface area (TPSA) is 59.6 Å². The minimum atomic E-state index is -0.645. The molecule has 2 aliphatic rings. The number of methoxy groups -OCH3 is 1. The minimum Gasteiger partial charge on any atom is -0.376 e. The van der Waals surface area contributed by atoms with E-state index < -0.39 is 5.60 Å². The molecule has 2 rings (SSSR count). The molecule has 2 fully saturated rings. The second kappa shape index (κ2) is 5.33. The van der Waals surface area contributed by atoms with Gasteiger partial charge in [-0.25, -0.2) is 0 Å². The summed E-state index contributed by atoms with van der Waals surface area (Å²) in [7, 11) is 1.62. The van der Waals surface area contributed by atoms with E-state index >= 15 is 0 Å². The van der Waals surface area contributed by atoms with Crippen molar-refractivity contribution in [1.29, 1.82) is 0 Å². The van der Waals surface area contributed by atoms with Crippen molar-refractivity contribution in [2.24, 2.45) is 0 Å². The van der Waals surface area contributed by atoms with Crippen molar-refractivity contribution < 1.29 is 14.3 Å². The van der Waals surface area contributed by atoms with Crippen LogP contribution in [0, 0.1) is 0 Å². The van der Waals surface area contributed by atoms with Gasteiger partial charge in [-0.3, -0.25) is 4.79 Å². The number of carbonyl (C=O) groups is 1. The van der Waals surface area contributed by atoms with Crippen molar-refractivity contribution in [3.05, 3.63) is 0 Å². The van der Waals surface area contributed by atoms with Crippen molar-refractivity contribution in [3.8, 4) is 0 Å². The van der Waals surface area contributed by atoms with Crippen LogP contribution in [0.4, 0.5) is 0 Å². The Morgan fingerprint density at radius 2 is 2.18 bits per heavy atom. The van der Waals surface area contributed by atoms with Gasteiger partial charge in [0.15, 0.2) is 0 Å². The van der Waals surface area contributed by atoms with Gasteiger partial charge in [-0.15, -0.1) is 0 Å². The lowest BCUT2D eigenvalue weighted by Gasteiger charge is -2.36. The van der Waals surface area contributed by atoms with E-state index in [1.807, 2.05) is 6.92 Å². The van der Waals surface area contributed by atoms with Gasteiger partial charge in [0.1, 0.15) is 5.60 Å². The van der Waals surface area contributed by atoms with Crippen LogP contribution < -0.4 is 10.6 Å². The molecule has 0 aromatic carbocycles. The van der Waals surface area contributed by atoms with Gasteiger partial charge < -0.3 is 20.1 Å². The first-order valence-electron chi connectivity index (χ1n) is 6.36. The van der Waals surface area contributed by atoms with E-state index in [0.29, 0.717) is 0 Å². The van der Waals surface area contributed by atoms with E-state index in [9.17, 15) is 4.79 Å². The number of piperidine rings is 1. The summed E-state index contributed by atoms with van der Waals surface area (Å²) in [6.45, 7) is 4.39. The van der Waals surface area contributed by atoms with Crippen LogP contribution in [0.25, 0.3) is 0 Å². The highest BCUT2D eigenvalue weighted by molar-refractivity contribution is 5.85. The van der Waals surface area contributed by atoms with Gasteiger partial charge in [0.25, 0.3) is 5.91 Å². The number of rotatable bonds is 3. The number of amides is 1. The molecule has 2 heterocycles. The summed E-state index contributed by atoms with van der Waals surface area (Å²) in [4.78, 5) is 12.3. The van der Waals surface area contributed by atoms with Crippen molar-refractivity contribution in [3.63, 3.8) is 0 Å². The maximum absolute atomic E-state index is 12.3. The molecule has 98 valence electrons. The van der Waals surface area contributed by atoms with Gasteiger partial charge in [-0.2, -0.15) is 0 Å². The minimum absolute atomic E-state index is 0.0175. The lowest BCUT2D eigenvalue weighted by Crippen LogP contribution is -2.56. The Morgan fingerprint density at radius 1 is 1.47 bits per heavy atom. The van der Waals surface area contributed by atoms with Gasteiger partial charge >= 0.3 is 0 Å². The van der Waals surface area contributed by atoms with Gasteiger partial charge in [0, 0.05) is 13.7 Å². The number of hydrogen-bond donors (Lipinski definition) is 2. The highest BCUT2D eigenvalue weighted by Crippen LogP contribution is 2.24. The molecule has 0 spiro atoms. The van der Waals surface area contributed by atoms with Gasteiger partial charge in [-0.05, 0) is 39.3 Å². The van der Waals surface area contributed by atoms with E-state index in [4.69, 9.17) is 9.47 Å². The van der Waals surface area contributed by atoms with Gasteiger partial charge in [0.2, 0.25) is 0 Å². The van der Waals surface area contributed by atoms with E-state index in [1.54, 1.807) is 7.11 Å². The number of hydrogen-bond acceptors (Lipinski definition) is 4. The first-order valence-corrected chi connectivity index (χ1v) is 6.36. The summed E-state index contributed by atoms with van der Waals surface area (Å²) in [6.07, 6.45) is 2.47. The predicted molar refractivity (Wildman–Crippen MR) is 63.8 cm³/mol. The zero-order valence-electron chi connectivity index (χ0n) is 10.6. The summed E-state index contributed by atoms with van der Waals surface area (Å²) in [5, 5.41) is 6.32. The van der Waals surface area contributed by atoms with Crippen LogP contribution >= 0.6 is 0 Å². The summed E-state index contributed by atoms with van der Waals surface area (Å²) in [5.41, 5.74) is -0.645. The molecule has 0 aromatic heterocycles. The normalized spacial score (nSPS) is 32.4. The monoisotopic (exact) mass is 242 g/mol. The van der Waals surface area contributed by atoms with Gasteiger partial charge in [0.05, 0.1) is 12.1 Å². The van der Waals surface area contributed by atoms with E-state index in [2.05, 4.69) is 10.6 Å². The Balaban J connectivity index is 1.97. The zero-order chi connectivity index (χ0) is 12.3. The third kappa shape index (κ3) is 2.61. The molecule has 2 unspecified atom stereocenters. The molecule has 5 heteroatoms. The highest BCUT2D eigenvalue weighted by Gasteiger charge is 2.41. The van der Waals surface area contributed by atoms with Gasteiger partial charge in [-0.1, -0.05) is 0 Å². The smallest absolute Gasteiger partial charge is 0.252 e. The third-order valence-electron chi connectivity index (χ3n) is 3.91. The number of carbonyl (C=O) groups excluding carboxylic acids is 1. The van der Waals surface area contributed by atoms with Crippen LogP contribution in [0.5, 0.6) is 0 Å². The molecule has 0 bridgehead atoms. The SMILES string of the molecule is COC1(C(=O)NC2CCOC2C)CCNCC1. The summed E-state index contributed by atoms with van der Waals surface area (Å²) in [6, 6.07) is 0.129. The molecule has 2 saturated heterocycles. The third-order valence-corrected chi connectivity index (χ3v) is 3.91. The molecule has 17 heavy (non-hydrogen) atoms. The summed E-state index contributed by atoms with van der Waals surface area (Å²) >= 11 is 0. The maximum atomic E-state index is 12.3. The maximum Gasteiger partial charge on any atom is 0.252 e. The second-order valence-electron chi connectivity index (χ2n) is 4.89. The summed E-state index contributed by atoms with van der Waals surface area (Å²) in [5.74, 6) is 0.0175. The Hall–Kier alpha value is -0.650. The Bertz CT molecular complexity index is 277. The van der Waals surface area contributed by atoms with Crippen molar-refractivity contribution in [2.45, 2.75) is 43.9 Å². The molecule has 0 radical (unpaired) electrons. The molecular weight excluding hydrogens is 220 g/mol. The van der Waals surface area contributed by atoms with Crippen molar-refractivity contribution >= 4 is 5.91 Å². The highest BCUT2D eigenvalue weighted by atomic mass is 16.5. The second-order valence-corrected chi connectivity index (χ2v) is 4.89. The first kappa shape index (κ1) is 12.8. The lowest BCUT2D eigenvalue weighted by atomic mass is 9.90. The molecule has 0 aromatic rings. The molecule has 2 atom stereocenters. The largest absolute Gasteiger partial charge is 0.376 e. The van der Waals surface area contributed by atoms with E-state index in [-0.39, 0.29) is 18.1 Å². The Kier molecular flexibility index (Phi) is 4.01. The Morgan fingerprint density at radius 3 is 2.71 bits per heavy atom. The average molecular weight is 242 g/mol. The molecule has 2 aliphatic heterocycles. The molecular formula is C12H22N2O3. The van der Waals surface area contributed by atoms with E-state index in [1.165, 1.54) is 0 Å². The molecule has 1 amide bonds. The Labute approximate surface area is 102 Å². The average Bonchev–Trinajstić information content (AvgIpc) is 2.76. The zero-order valence-corrected chi connectivity index (χ0v) is 10.6. The molecule has 2 N–H and O–H groups in total. The van der Waals surface area contributed by atoms with Crippen LogP contribution in [0.1, 0.15) is 26.2 Å². The summed E-state index contributed by atoms with van der Waals surface area (Å²) < 4.78 is 10.9. The van der Waals surface area contributed by atoms with Crippen LogP contribution in [0.15, 0.2) is 0 Å². The fourth-order valence-electron chi connectivity index (χ4n) is 2.58. The molecule has 5 nitrogen and oxygen atoms in total. The quantitative estimate of drug-likeness (QED) is 0.734. The van der Waals surface area contributed by atoms with Crippen molar-refractivity contribution in [1.82, 2.24) is 10.6 Å². The van der Waals surface area contributed by atoms with Crippen molar-refractivity contribution in [2.75, 3.05) is 26.8 Å². The van der Waals surface area contributed by atoms with Crippen LogP contribution in [0.3, 0.4) is 0 Å². The van der Waals surface area contributed by atoms with E-state index in [0.717, 1.165) is 39.0 Å². The number of nitrogens with one attached hydrogen (secondary N) is 2. The standard InChI is InChI=1S/C12H22N2O3/c1-9-10(3-8-17-9)14-11(15)12(16-2)4-6-13-7-5-12/h9-10,13H,3-8H2,1-2H3,(H,14,15). The first-order chi connectivity index (χ1) is 8.18. The molecule has 0 aliphatic carbocycles.